The lowest BCUT2D eigenvalue weighted by atomic mass is 10.2. The summed E-state index contributed by atoms with van der Waals surface area (Å²) in [6.45, 7) is 0. The number of amides is 1. The van der Waals surface area contributed by atoms with Gasteiger partial charge in [0.15, 0.2) is 5.70 Å². The summed E-state index contributed by atoms with van der Waals surface area (Å²) in [5.41, 5.74) is 7.80. The van der Waals surface area contributed by atoms with E-state index in [0.717, 1.165) is 5.56 Å². The predicted molar refractivity (Wildman–Crippen MR) is 82.3 cm³/mol. The van der Waals surface area contributed by atoms with Gasteiger partial charge in [-0.3, -0.25) is 4.79 Å². The molecule has 1 heterocycles. The van der Waals surface area contributed by atoms with Gasteiger partial charge >= 0.3 is 0 Å². The summed E-state index contributed by atoms with van der Waals surface area (Å²) >= 11 is 5.84. The Morgan fingerprint density at radius 1 is 1.05 bits per heavy atom. The molecule has 3 rings (SSSR count). The third-order valence-corrected chi connectivity index (χ3v) is 3.18. The molecular formula is C15H11ClN4O. The Morgan fingerprint density at radius 3 is 2.14 bits per heavy atom. The van der Waals surface area contributed by atoms with E-state index >= 15 is 0 Å². The molecule has 0 aliphatic carbocycles. The van der Waals surface area contributed by atoms with Crippen molar-refractivity contribution >= 4 is 40.3 Å². The number of benzene rings is 2. The Hall–Kier alpha value is -2.66. The van der Waals surface area contributed by atoms with E-state index in [1.165, 1.54) is 4.80 Å². The summed E-state index contributed by atoms with van der Waals surface area (Å²) in [6.07, 6.45) is 1.62. The molecule has 2 N–H and O–H groups in total. The maximum absolute atomic E-state index is 11.7. The highest BCUT2D eigenvalue weighted by atomic mass is 35.5. The smallest absolute Gasteiger partial charge is 0.269 e. The van der Waals surface area contributed by atoms with Crippen LogP contribution in [0.15, 0.2) is 48.5 Å². The van der Waals surface area contributed by atoms with Gasteiger partial charge in [-0.15, -0.1) is 15.0 Å². The van der Waals surface area contributed by atoms with E-state index in [4.69, 9.17) is 17.3 Å². The fraction of sp³-hybridized carbons (Fsp3) is 0. The summed E-state index contributed by atoms with van der Waals surface area (Å²) in [7, 11) is 0. The van der Waals surface area contributed by atoms with E-state index in [1.807, 2.05) is 24.3 Å². The van der Waals surface area contributed by atoms with Gasteiger partial charge in [-0.05, 0) is 35.9 Å². The molecule has 21 heavy (non-hydrogen) atoms. The quantitative estimate of drug-likeness (QED) is 0.755. The van der Waals surface area contributed by atoms with E-state index in [9.17, 15) is 4.79 Å². The van der Waals surface area contributed by atoms with Gasteiger partial charge < -0.3 is 5.73 Å². The maximum atomic E-state index is 11.7. The molecule has 6 heteroatoms. The number of hydrogen-bond acceptors (Lipinski definition) is 3. The molecule has 0 aliphatic heterocycles. The van der Waals surface area contributed by atoms with Crippen LogP contribution < -0.4 is 5.73 Å². The van der Waals surface area contributed by atoms with Crippen molar-refractivity contribution in [2.75, 3.05) is 0 Å². The molecular weight excluding hydrogens is 288 g/mol. The van der Waals surface area contributed by atoms with Gasteiger partial charge in [0.2, 0.25) is 0 Å². The molecule has 0 aliphatic rings. The molecule has 0 spiro atoms. The lowest BCUT2D eigenvalue weighted by Crippen LogP contribution is -2.19. The molecule has 0 saturated heterocycles. The summed E-state index contributed by atoms with van der Waals surface area (Å²) in [5, 5.41) is 9.14. The predicted octanol–water partition coefficient (Wildman–Crippen LogP) is 2.57. The first-order valence-corrected chi connectivity index (χ1v) is 6.61. The monoisotopic (exact) mass is 298 g/mol. The largest absolute Gasteiger partial charge is 0.364 e. The van der Waals surface area contributed by atoms with Crippen LogP contribution >= 0.6 is 11.6 Å². The van der Waals surface area contributed by atoms with Crippen molar-refractivity contribution in [3.8, 4) is 0 Å². The van der Waals surface area contributed by atoms with Crippen molar-refractivity contribution in [2.24, 2.45) is 5.73 Å². The summed E-state index contributed by atoms with van der Waals surface area (Å²) < 4.78 is 0. The van der Waals surface area contributed by atoms with Crippen LogP contribution in [0.5, 0.6) is 0 Å². The molecule has 0 unspecified atom stereocenters. The van der Waals surface area contributed by atoms with Crippen LogP contribution in [0.25, 0.3) is 22.8 Å². The zero-order valence-electron chi connectivity index (χ0n) is 10.9. The lowest BCUT2D eigenvalue weighted by molar-refractivity contribution is -0.113. The minimum absolute atomic E-state index is 0.188. The fourth-order valence-electron chi connectivity index (χ4n) is 1.91. The highest BCUT2D eigenvalue weighted by Crippen LogP contribution is 2.16. The van der Waals surface area contributed by atoms with Crippen LogP contribution in [-0.4, -0.2) is 20.9 Å². The van der Waals surface area contributed by atoms with Crippen molar-refractivity contribution < 1.29 is 4.79 Å². The van der Waals surface area contributed by atoms with E-state index in [0.29, 0.717) is 16.1 Å². The van der Waals surface area contributed by atoms with Gasteiger partial charge in [0.05, 0.1) is 0 Å². The number of rotatable bonds is 3. The summed E-state index contributed by atoms with van der Waals surface area (Å²) in [5.74, 6) is -0.606. The number of nitrogens with zero attached hydrogens (tertiary/aromatic N) is 3. The van der Waals surface area contributed by atoms with E-state index < -0.39 is 5.91 Å². The van der Waals surface area contributed by atoms with Gasteiger partial charge in [-0.2, -0.15) is 0 Å². The average molecular weight is 299 g/mol. The molecule has 1 amide bonds. The highest BCUT2D eigenvalue weighted by Gasteiger charge is 2.12. The van der Waals surface area contributed by atoms with Crippen LogP contribution in [0.3, 0.4) is 0 Å². The van der Waals surface area contributed by atoms with Crippen LogP contribution in [0, 0.1) is 0 Å². The molecule has 0 fully saturated rings. The van der Waals surface area contributed by atoms with Crippen LogP contribution in [0.4, 0.5) is 0 Å². The number of fused-ring (bicyclic) bond motifs is 1. The first-order valence-electron chi connectivity index (χ1n) is 6.23. The second kappa shape index (κ2) is 5.38. The van der Waals surface area contributed by atoms with E-state index in [2.05, 4.69) is 10.2 Å². The molecule has 1 aromatic heterocycles. The number of halogens is 1. The van der Waals surface area contributed by atoms with Crippen molar-refractivity contribution in [3.05, 3.63) is 59.1 Å². The minimum Gasteiger partial charge on any atom is -0.364 e. The number of primary amides is 1. The lowest BCUT2D eigenvalue weighted by Gasteiger charge is -2.02. The summed E-state index contributed by atoms with van der Waals surface area (Å²) in [4.78, 5) is 12.9. The van der Waals surface area contributed by atoms with Gasteiger partial charge in [0.25, 0.3) is 5.91 Å². The molecule has 0 bridgehead atoms. The highest BCUT2D eigenvalue weighted by molar-refractivity contribution is 6.30. The molecule has 0 atom stereocenters. The van der Waals surface area contributed by atoms with Crippen LogP contribution in [0.1, 0.15) is 5.56 Å². The first-order chi connectivity index (χ1) is 10.1. The van der Waals surface area contributed by atoms with Crippen molar-refractivity contribution in [1.29, 1.82) is 0 Å². The third kappa shape index (κ3) is 2.78. The van der Waals surface area contributed by atoms with Crippen molar-refractivity contribution in [1.82, 2.24) is 15.0 Å². The number of aromatic nitrogens is 3. The first kappa shape index (κ1) is 13.3. The van der Waals surface area contributed by atoms with Gasteiger partial charge in [-0.1, -0.05) is 35.9 Å². The molecule has 104 valence electrons. The summed E-state index contributed by atoms with van der Waals surface area (Å²) in [6, 6.07) is 14.4. The molecule has 0 saturated carbocycles. The van der Waals surface area contributed by atoms with Crippen LogP contribution in [0.2, 0.25) is 5.02 Å². The van der Waals surface area contributed by atoms with Crippen molar-refractivity contribution in [3.63, 3.8) is 0 Å². The Kier molecular flexibility index (Phi) is 3.41. The number of carbonyl (C=O) groups is 1. The Labute approximate surface area is 125 Å². The number of hydrogen-bond donors (Lipinski definition) is 1. The second-order valence-corrected chi connectivity index (χ2v) is 4.86. The SMILES string of the molecule is NC(=O)/C(=C\c1ccc(Cl)cc1)n1nc2ccccc2n1. The maximum Gasteiger partial charge on any atom is 0.269 e. The Morgan fingerprint density at radius 2 is 1.62 bits per heavy atom. The average Bonchev–Trinajstić information content (AvgIpc) is 2.89. The standard InChI is InChI=1S/C15H11ClN4O/c16-11-7-5-10(6-8-11)9-14(15(17)21)20-18-12-3-1-2-4-13(12)19-20/h1-9H,(H2,17,21)/b14-9+. The zero-order chi connectivity index (χ0) is 14.8. The van der Waals surface area contributed by atoms with Gasteiger partial charge in [-0.25, -0.2) is 0 Å². The molecule has 3 aromatic rings. The van der Waals surface area contributed by atoms with Gasteiger partial charge in [0.1, 0.15) is 11.0 Å². The molecule has 0 radical (unpaired) electrons. The number of carbonyl (C=O) groups excluding carboxylic acids is 1. The Balaban J connectivity index is 2.09. The molecule has 5 nitrogen and oxygen atoms in total. The normalized spacial score (nSPS) is 11.8. The second-order valence-electron chi connectivity index (χ2n) is 4.42. The fourth-order valence-corrected chi connectivity index (χ4v) is 2.04. The van der Waals surface area contributed by atoms with Crippen molar-refractivity contribution in [2.45, 2.75) is 0 Å². The zero-order valence-corrected chi connectivity index (χ0v) is 11.7. The van der Waals surface area contributed by atoms with E-state index in [1.54, 1.807) is 30.3 Å². The third-order valence-electron chi connectivity index (χ3n) is 2.93. The molecule has 2 aromatic carbocycles. The Bertz CT molecular complexity index is 803. The van der Waals surface area contributed by atoms with Crippen LogP contribution in [-0.2, 0) is 4.79 Å². The van der Waals surface area contributed by atoms with E-state index in [-0.39, 0.29) is 5.70 Å². The minimum atomic E-state index is -0.606. The topological polar surface area (TPSA) is 73.8 Å². The van der Waals surface area contributed by atoms with Gasteiger partial charge in [0, 0.05) is 5.02 Å². The number of nitrogens with two attached hydrogens (primary N) is 1.